The summed E-state index contributed by atoms with van der Waals surface area (Å²) in [6.45, 7) is 16.4. The summed E-state index contributed by atoms with van der Waals surface area (Å²) in [5.41, 5.74) is 6.19. The van der Waals surface area contributed by atoms with E-state index in [2.05, 4.69) is 55.4 Å². The Bertz CT molecular complexity index is 365. The lowest BCUT2D eigenvalue weighted by atomic mass is 10.0. The van der Waals surface area contributed by atoms with Crippen LogP contribution in [0.5, 0.6) is 0 Å². The molecule has 26 heavy (non-hydrogen) atoms. The first-order chi connectivity index (χ1) is 12.0. The third kappa shape index (κ3) is 9.02. The molecule has 0 saturated carbocycles. The molecule has 0 fully saturated rings. The fourth-order valence-corrected chi connectivity index (χ4v) is 3.78. The minimum atomic E-state index is 0.0636. The van der Waals surface area contributed by atoms with Gasteiger partial charge in [-0.2, -0.15) is 0 Å². The predicted molar refractivity (Wildman–Crippen MR) is 110 cm³/mol. The van der Waals surface area contributed by atoms with Crippen molar-refractivity contribution in [1.29, 1.82) is 0 Å². The van der Waals surface area contributed by atoms with Crippen LogP contribution in [0.3, 0.4) is 0 Å². The molecule has 0 spiro atoms. The van der Waals surface area contributed by atoms with E-state index in [1.54, 1.807) is 0 Å². The molecular weight excluding hydrogens is 326 g/mol. The summed E-state index contributed by atoms with van der Waals surface area (Å²) in [6, 6.07) is 0.979. The fourth-order valence-electron chi connectivity index (χ4n) is 3.78. The van der Waals surface area contributed by atoms with E-state index in [-0.39, 0.29) is 42.0 Å². The van der Waals surface area contributed by atoms with Crippen molar-refractivity contribution in [2.75, 3.05) is 0 Å². The first-order valence-electron chi connectivity index (χ1n) is 10.4. The van der Waals surface area contributed by atoms with Crippen LogP contribution in [0.25, 0.3) is 0 Å². The van der Waals surface area contributed by atoms with Crippen LogP contribution in [0.2, 0.25) is 0 Å². The molecule has 0 atom stereocenters. The Kier molecular flexibility index (Phi) is 11.8. The SMILES string of the molecule is CC(C)N(C(=O)CCCC(N)CCCC(=O)N(C(C)C)C(C)C)C(C)C. The minimum absolute atomic E-state index is 0.0636. The molecule has 0 aromatic rings. The molecule has 0 aliphatic heterocycles. The number of hydrogen-bond acceptors (Lipinski definition) is 3. The number of rotatable bonds is 12. The van der Waals surface area contributed by atoms with E-state index in [9.17, 15) is 9.59 Å². The second kappa shape index (κ2) is 12.3. The van der Waals surface area contributed by atoms with E-state index in [0.29, 0.717) is 12.8 Å². The topological polar surface area (TPSA) is 66.6 Å². The molecule has 2 N–H and O–H groups in total. The number of carbonyl (C=O) groups excluding carboxylic acids is 2. The summed E-state index contributed by atoms with van der Waals surface area (Å²) >= 11 is 0. The van der Waals surface area contributed by atoms with Crippen LogP contribution < -0.4 is 5.73 Å². The Labute approximate surface area is 161 Å². The first kappa shape index (κ1) is 24.9. The number of nitrogens with two attached hydrogens (primary N) is 1. The van der Waals surface area contributed by atoms with E-state index in [0.717, 1.165) is 25.7 Å². The third-order valence-corrected chi connectivity index (χ3v) is 4.73. The molecule has 0 bridgehead atoms. The van der Waals surface area contributed by atoms with E-state index in [1.165, 1.54) is 0 Å². The zero-order chi connectivity index (χ0) is 20.4. The van der Waals surface area contributed by atoms with Crippen molar-refractivity contribution in [1.82, 2.24) is 9.80 Å². The van der Waals surface area contributed by atoms with Gasteiger partial charge in [-0.1, -0.05) is 0 Å². The van der Waals surface area contributed by atoms with Gasteiger partial charge in [-0.15, -0.1) is 0 Å². The van der Waals surface area contributed by atoms with Gasteiger partial charge >= 0.3 is 0 Å². The van der Waals surface area contributed by atoms with Gasteiger partial charge in [-0.3, -0.25) is 9.59 Å². The van der Waals surface area contributed by atoms with Crippen LogP contribution in [0.15, 0.2) is 0 Å². The van der Waals surface area contributed by atoms with Gasteiger partial charge < -0.3 is 15.5 Å². The van der Waals surface area contributed by atoms with Crippen molar-refractivity contribution >= 4 is 11.8 Å². The van der Waals surface area contributed by atoms with Crippen LogP contribution in [0.4, 0.5) is 0 Å². The molecule has 0 saturated heterocycles. The Morgan fingerprint density at radius 1 is 0.654 bits per heavy atom. The monoisotopic (exact) mass is 369 g/mol. The minimum Gasteiger partial charge on any atom is -0.338 e. The van der Waals surface area contributed by atoms with Crippen LogP contribution in [0, 0.1) is 0 Å². The van der Waals surface area contributed by atoms with Crippen molar-refractivity contribution in [2.45, 2.75) is 124 Å². The zero-order valence-electron chi connectivity index (χ0n) is 18.4. The van der Waals surface area contributed by atoms with Gasteiger partial charge in [-0.05, 0) is 81.1 Å². The normalized spacial score (nSPS) is 11.9. The molecule has 0 radical (unpaired) electrons. The summed E-state index contributed by atoms with van der Waals surface area (Å²) in [5.74, 6) is 0.420. The van der Waals surface area contributed by atoms with E-state index < -0.39 is 0 Å². The molecule has 0 aliphatic rings. The van der Waals surface area contributed by atoms with Crippen molar-refractivity contribution in [3.63, 3.8) is 0 Å². The zero-order valence-corrected chi connectivity index (χ0v) is 18.4. The molecule has 0 heterocycles. The second-order valence-corrected chi connectivity index (χ2v) is 8.52. The summed E-state index contributed by atoms with van der Waals surface area (Å²) in [5, 5.41) is 0. The Hall–Kier alpha value is -1.10. The highest BCUT2D eigenvalue weighted by atomic mass is 16.2. The van der Waals surface area contributed by atoms with Crippen molar-refractivity contribution < 1.29 is 9.59 Å². The largest absolute Gasteiger partial charge is 0.338 e. The summed E-state index contributed by atoms with van der Waals surface area (Å²) in [4.78, 5) is 28.6. The molecule has 5 nitrogen and oxygen atoms in total. The van der Waals surface area contributed by atoms with Crippen molar-refractivity contribution in [3.8, 4) is 0 Å². The second-order valence-electron chi connectivity index (χ2n) is 8.52. The molecule has 0 unspecified atom stereocenters. The van der Waals surface area contributed by atoms with Gasteiger partial charge in [0, 0.05) is 43.1 Å². The maximum atomic E-state index is 12.3. The smallest absolute Gasteiger partial charge is 0.223 e. The van der Waals surface area contributed by atoms with Crippen molar-refractivity contribution in [2.24, 2.45) is 5.73 Å². The Morgan fingerprint density at radius 2 is 0.923 bits per heavy atom. The fraction of sp³-hybridized carbons (Fsp3) is 0.905. The van der Waals surface area contributed by atoms with Gasteiger partial charge in [0.1, 0.15) is 0 Å². The average Bonchev–Trinajstić information content (AvgIpc) is 2.45. The van der Waals surface area contributed by atoms with E-state index in [4.69, 9.17) is 5.73 Å². The molecular formula is C21H43N3O2. The van der Waals surface area contributed by atoms with Gasteiger partial charge in [0.25, 0.3) is 0 Å². The van der Waals surface area contributed by atoms with E-state index >= 15 is 0 Å². The molecule has 0 rings (SSSR count). The lowest BCUT2D eigenvalue weighted by Crippen LogP contribution is -2.42. The average molecular weight is 370 g/mol. The maximum absolute atomic E-state index is 12.3. The highest BCUT2D eigenvalue weighted by molar-refractivity contribution is 5.77. The third-order valence-electron chi connectivity index (χ3n) is 4.73. The molecule has 0 aromatic heterocycles. The molecule has 2 amide bonds. The molecule has 0 aliphatic carbocycles. The Balaban J connectivity index is 4.16. The van der Waals surface area contributed by atoms with Crippen LogP contribution in [-0.4, -0.2) is 51.8 Å². The molecule has 0 aromatic carbocycles. The number of nitrogens with zero attached hydrogens (tertiary/aromatic N) is 2. The van der Waals surface area contributed by atoms with Gasteiger partial charge in [-0.25, -0.2) is 0 Å². The van der Waals surface area contributed by atoms with Crippen molar-refractivity contribution in [3.05, 3.63) is 0 Å². The maximum Gasteiger partial charge on any atom is 0.223 e. The number of amides is 2. The molecule has 5 heteroatoms. The van der Waals surface area contributed by atoms with Crippen LogP contribution >= 0.6 is 0 Å². The lowest BCUT2D eigenvalue weighted by molar-refractivity contribution is -0.135. The summed E-state index contributed by atoms with van der Waals surface area (Å²) in [7, 11) is 0. The van der Waals surface area contributed by atoms with Gasteiger partial charge in [0.15, 0.2) is 0 Å². The number of hydrogen-bond donors (Lipinski definition) is 1. The standard InChI is InChI=1S/C21H43N3O2/c1-15(2)23(16(3)4)20(25)13-9-11-19(22)12-10-14-21(26)24(17(5)6)18(7)8/h15-19H,9-14,22H2,1-8H3. The van der Waals surface area contributed by atoms with Gasteiger partial charge in [0.05, 0.1) is 0 Å². The van der Waals surface area contributed by atoms with E-state index in [1.807, 2.05) is 9.80 Å². The summed E-state index contributed by atoms with van der Waals surface area (Å²) in [6.07, 6.45) is 4.40. The van der Waals surface area contributed by atoms with Gasteiger partial charge in [0.2, 0.25) is 11.8 Å². The highest BCUT2D eigenvalue weighted by Gasteiger charge is 2.21. The first-order valence-corrected chi connectivity index (χ1v) is 10.4. The predicted octanol–water partition coefficient (Wildman–Crippen LogP) is 3.95. The van der Waals surface area contributed by atoms with Crippen LogP contribution in [0.1, 0.15) is 93.9 Å². The molecule has 154 valence electrons. The Morgan fingerprint density at radius 3 is 1.15 bits per heavy atom. The lowest BCUT2D eigenvalue weighted by Gasteiger charge is -2.31. The number of carbonyl (C=O) groups is 2. The quantitative estimate of drug-likeness (QED) is 0.566. The highest BCUT2D eigenvalue weighted by Crippen LogP contribution is 2.14. The van der Waals surface area contributed by atoms with Crippen LogP contribution in [-0.2, 0) is 9.59 Å². The summed E-state index contributed by atoms with van der Waals surface area (Å²) < 4.78 is 0.